The van der Waals surface area contributed by atoms with Crippen LogP contribution in [0.2, 0.25) is 0 Å². The summed E-state index contributed by atoms with van der Waals surface area (Å²) in [7, 11) is 0. The van der Waals surface area contributed by atoms with Crippen molar-refractivity contribution in [2.24, 2.45) is 5.92 Å². The number of rotatable bonds is 6. The average molecular weight is 315 g/mol. The smallest absolute Gasteiger partial charge is 0.317 e. The van der Waals surface area contributed by atoms with Crippen molar-refractivity contribution in [3.05, 3.63) is 0 Å². The predicted octanol–water partition coefficient (Wildman–Crippen LogP) is 0.114. The van der Waals surface area contributed by atoms with Gasteiger partial charge in [-0.1, -0.05) is 0 Å². The molecule has 1 saturated heterocycles. The van der Waals surface area contributed by atoms with Gasteiger partial charge >= 0.3 is 12.0 Å². The number of aliphatic carboxylic acids is 1. The van der Waals surface area contributed by atoms with Crippen LogP contribution in [0.3, 0.4) is 0 Å². The van der Waals surface area contributed by atoms with Crippen LogP contribution in [0.4, 0.5) is 4.79 Å². The highest BCUT2D eigenvalue weighted by Gasteiger charge is 2.30. The predicted molar refractivity (Wildman–Crippen MR) is 79.2 cm³/mol. The summed E-state index contributed by atoms with van der Waals surface area (Å²) in [5, 5.41) is 14.4. The van der Waals surface area contributed by atoms with Crippen LogP contribution in [0.5, 0.6) is 0 Å². The molecule has 118 valence electrons. The number of amides is 3. The Morgan fingerprint density at radius 1 is 1.19 bits per heavy atom. The average Bonchev–Trinajstić information content (AvgIpc) is 3.27. The number of hydrogen-bond donors (Lipinski definition) is 3. The van der Waals surface area contributed by atoms with Gasteiger partial charge in [0, 0.05) is 37.1 Å². The van der Waals surface area contributed by atoms with E-state index in [4.69, 9.17) is 5.11 Å². The van der Waals surface area contributed by atoms with Crippen molar-refractivity contribution in [2.75, 3.05) is 31.1 Å². The number of carboxylic acids is 1. The first-order valence-electron chi connectivity index (χ1n) is 7.19. The summed E-state index contributed by atoms with van der Waals surface area (Å²) in [6.07, 6.45) is 1.89. The molecule has 0 aromatic carbocycles. The van der Waals surface area contributed by atoms with E-state index in [0.717, 1.165) is 18.6 Å². The molecule has 3 amide bonds. The maximum absolute atomic E-state index is 12.1. The molecule has 2 rings (SSSR count). The Morgan fingerprint density at radius 3 is 2.57 bits per heavy atom. The Balaban J connectivity index is 1.69. The molecule has 1 unspecified atom stereocenters. The zero-order valence-electron chi connectivity index (χ0n) is 11.8. The molecule has 0 aromatic heterocycles. The van der Waals surface area contributed by atoms with E-state index >= 15 is 0 Å². The van der Waals surface area contributed by atoms with Crippen LogP contribution in [0.1, 0.15) is 19.3 Å². The highest BCUT2D eigenvalue weighted by molar-refractivity contribution is 7.99. The van der Waals surface area contributed by atoms with Gasteiger partial charge in [-0.3, -0.25) is 9.59 Å². The topological polar surface area (TPSA) is 98.7 Å². The van der Waals surface area contributed by atoms with E-state index in [0.29, 0.717) is 25.4 Å². The summed E-state index contributed by atoms with van der Waals surface area (Å²) >= 11 is 1.67. The van der Waals surface area contributed by atoms with E-state index in [1.54, 1.807) is 16.7 Å². The van der Waals surface area contributed by atoms with Gasteiger partial charge in [-0.2, -0.15) is 11.8 Å². The summed E-state index contributed by atoms with van der Waals surface area (Å²) in [5.41, 5.74) is 0. The number of carboxylic acid groups (broad SMARTS) is 1. The van der Waals surface area contributed by atoms with Gasteiger partial charge in [0.05, 0.1) is 12.5 Å². The second kappa shape index (κ2) is 7.53. The molecule has 21 heavy (non-hydrogen) atoms. The van der Waals surface area contributed by atoms with Crippen LogP contribution in [-0.4, -0.2) is 65.1 Å². The third-order valence-corrected chi connectivity index (χ3v) is 4.64. The Kier molecular flexibility index (Phi) is 5.72. The van der Waals surface area contributed by atoms with Gasteiger partial charge in [0.2, 0.25) is 5.91 Å². The van der Waals surface area contributed by atoms with Crippen molar-refractivity contribution in [1.82, 2.24) is 15.5 Å². The van der Waals surface area contributed by atoms with Crippen LogP contribution in [0, 0.1) is 5.92 Å². The van der Waals surface area contributed by atoms with E-state index < -0.39 is 5.97 Å². The van der Waals surface area contributed by atoms with E-state index in [1.807, 2.05) is 0 Å². The summed E-state index contributed by atoms with van der Waals surface area (Å²) in [4.78, 5) is 35.9. The van der Waals surface area contributed by atoms with Gasteiger partial charge in [0.25, 0.3) is 0 Å². The first kappa shape index (κ1) is 15.9. The second-order valence-corrected chi connectivity index (χ2v) is 6.47. The third kappa shape index (κ3) is 5.11. The number of urea groups is 1. The zero-order chi connectivity index (χ0) is 15.2. The van der Waals surface area contributed by atoms with Gasteiger partial charge in [0.1, 0.15) is 0 Å². The quantitative estimate of drug-likeness (QED) is 0.605. The fourth-order valence-electron chi connectivity index (χ4n) is 2.24. The molecule has 0 radical (unpaired) electrons. The van der Waals surface area contributed by atoms with Crippen LogP contribution in [-0.2, 0) is 9.59 Å². The van der Waals surface area contributed by atoms with Gasteiger partial charge in [-0.05, 0) is 12.8 Å². The molecule has 0 aromatic rings. The number of thioether (sulfide) groups is 1. The summed E-state index contributed by atoms with van der Waals surface area (Å²) < 4.78 is 0. The third-order valence-electron chi connectivity index (χ3n) is 3.55. The van der Waals surface area contributed by atoms with Crippen LogP contribution < -0.4 is 10.6 Å². The molecule has 1 heterocycles. The first-order valence-corrected chi connectivity index (χ1v) is 8.35. The molecule has 0 spiro atoms. The SMILES string of the molecule is O=C(O)CC1CSCCN1C(=O)NCCNC(=O)C1CC1. The molecule has 0 bridgehead atoms. The van der Waals surface area contributed by atoms with Gasteiger partial charge in [-0.15, -0.1) is 0 Å². The monoisotopic (exact) mass is 315 g/mol. The Hall–Kier alpha value is -1.44. The molecule has 2 fully saturated rings. The lowest BCUT2D eigenvalue weighted by atomic mass is 10.2. The number of carbonyl (C=O) groups is 3. The Labute approximate surface area is 127 Å². The molecule has 1 saturated carbocycles. The highest BCUT2D eigenvalue weighted by Crippen LogP contribution is 2.28. The van der Waals surface area contributed by atoms with E-state index in [2.05, 4.69) is 10.6 Å². The minimum atomic E-state index is -0.892. The number of nitrogens with zero attached hydrogens (tertiary/aromatic N) is 1. The Morgan fingerprint density at radius 2 is 1.90 bits per heavy atom. The largest absolute Gasteiger partial charge is 0.481 e. The van der Waals surface area contributed by atoms with Crippen LogP contribution in [0.25, 0.3) is 0 Å². The second-order valence-electron chi connectivity index (χ2n) is 5.32. The lowest BCUT2D eigenvalue weighted by Gasteiger charge is -2.34. The van der Waals surface area contributed by atoms with Gasteiger partial charge in [-0.25, -0.2) is 4.79 Å². The molecule has 3 N–H and O–H groups in total. The maximum Gasteiger partial charge on any atom is 0.317 e. The molecular formula is C13H21N3O4S. The molecular weight excluding hydrogens is 294 g/mol. The lowest BCUT2D eigenvalue weighted by Crippen LogP contribution is -2.52. The fourth-order valence-corrected chi connectivity index (χ4v) is 3.30. The molecule has 1 atom stereocenters. The Bertz CT molecular complexity index is 414. The van der Waals surface area contributed by atoms with E-state index in [1.165, 1.54) is 0 Å². The van der Waals surface area contributed by atoms with E-state index in [9.17, 15) is 14.4 Å². The summed E-state index contributed by atoms with van der Waals surface area (Å²) in [6, 6.07) is -0.510. The fraction of sp³-hybridized carbons (Fsp3) is 0.769. The molecule has 8 heteroatoms. The number of carbonyl (C=O) groups excluding carboxylic acids is 2. The molecule has 1 aliphatic carbocycles. The first-order chi connectivity index (χ1) is 10.1. The van der Waals surface area contributed by atoms with Crippen LogP contribution >= 0.6 is 11.8 Å². The minimum Gasteiger partial charge on any atom is -0.481 e. The highest BCUT2D eigenvalue weighted by atomic mass is 32.2. The van der Waals surface area contributed by atoms with Crippen molar-refractivity contribution in [3.63, 3.8) is 0 Å². The standard InChI is InChI=1S/C13H21N3O4S/c17-11(18)7-10-8-21-6-5-16(10)13(20)15-4-3-14-12(19)9-1-2-9/h9-10H,1-8H2,(H,14,19)(H,15,20)(H,17,18). The van der Waals surface area contributed by atoms with Crippen LogP contribution in [0.15, 0.2) is 0 Å². The van der Waals surface area contributed by atoms with Crippen molar-refractivity contribution < 1.29 is 19.5 Å². The molecule has 7 nitrogen and oxygen atoms in total. The zero-order valence-corrected chi connectivity index (χ0v) is 12.7. The van der Waals surface area contributed by atoms with Gasteiger partial charge < -0.3 is 20.6 Å². The summed E-state index contributed by atoms with van der Waals surface area (Å²) in [5.74, 6) is 0.805. The summed E-state index contributed by atoms with van der Waals surface area (Å²) in [6.45, 7) is 1.33. The van der Waals surface area contributed by atoms with E-state index in [-0.39, 0.29) is 30.3 Å². The van der Waals surface area contributed by atoms with Crippen molar-refractivity contribution >= 4 is 29.7 Å². The maximum atomic E-state index is 12.1. The van der Waals surface area contributed by atoms with Crippen molar-refractivity contribution in [3.8, 4) is 0 Å². The minimum absolute atomic E-state index is 0.0289. The van der Waals surface area contributed by atoms with Crippen molar-refractivity contribution in [2.45, 2.75) is 25.3 Å². The molecule has 1 aliphatic heterocycles. The van der Waals surface area contributed by atoms with Crippen molar-refractivity contribution in [1.29, 1.82) is 0 Å². The molecule has 2 aliphatic rings. The normalized spacial score (nSPS) is 21.7. The van der Waals surface area contributed by atoms with Gasteiger partial charge in [0.15, 0.2) is 0 Å². The number of hydrogen-bond acceptors (Lipinski definition) is 4. The number of nitrogens with one attached hydrogen (secondary N) is 2. The lowest BCUT2D eigenvalue weighted by molar-refractivity contribution is -0.138.